The molecule has 4 aromatic rings. The van der Waals surface area contributed by atoms with Crippen LogP contribution in [0.15, 0.2) is 65.4 Å². The standard InChI is InChI=1S/C20H12N2S2/c21-11-15(10-16-12-23-19-9-5-4-8-17(16)19)20-22-18(13-24-20)14-6-2-1-3-7-14/h1-10,12-13H. The summed E-state index contributed by atoms with van der Waals surface area (Å²) in [7, 11) is 0. The van der Waals surface area contributed by atoms with Crippen LogP contribution in [-0.2, 0) is 0 Å². The van der Waals surface area contributed by atoms with E-state index in [1.807, 2.05) is 53.9 Å². The fourth-order valence-corrected chi connectivity index (χ4v) is 4.26. The lowest BCUT2D eigenvalue weighted by atomic mass is 10.1. The van der Waals surface area contributed by atoms with Crippen molar-refractivity contribution in [1.82, 2.24) is 4.98 Å². The van der Waals surface area contributed by atoms with Gasteiger partial charge in [-0.3, -0.25) is 0 Å². The summed E-state index contributed by atoms with van der Waals surface area (Å²) in [5.41, 5.74) is 3.65. The summed E-state index contributed by atoms with van der Waals surface area (Å²) in [6.07, 6.45) is 1.94. The Morgan fingerprint density at radius 3 is 2.58 bits per heavy atom. The molecule has 2 heterocycles. The molecule has 24 heavy (non-hydrogen) atoms. The van der Waals surface area contributed by atoms with Crippen LogP contribution in [0.5, 0.6) is 0 Å². The second-order valence-corrected chi connectivity index (χ2v) is 7.03. The van der Waals surface area contributed by atoms with Crippen molar-refractivity contribution in [3.8, 4) is 17.3 Å². The second kappa shape index (κ2) is 6.40. The van der Waals surface area contributed by atoms with Crippen LogP contribution in [0.1, 0.15) is 10.6 Å². The fourth-order valence-electron chi connectivity index (χ4n) is 2.55. The molecule has 2 nitrogen and oxygen atoms in total. The minimum atomic E-state index is 0.603. The average Bonchev–Trinajstić information content (AvgIpc) is 3.28. The molecule has 0 aliphatic heterocycles. The van der Waals surface area contributed by atoms with Gasteiger partial charge in [0.05, 0.1) is 11.3 Å². The first-order chi connectivity index (χ1) is 11.8. The lowest BCUT2D eigenvalue weighted by molar-refractivity contribution is 1.37. The minimum Gasteiger partial charge on any atom is -0.235 e. The molecule has 0 spiro atoms. The predicted molar refractivity (Wildman–Crippen MR) is 103 cm³/mol. The van der Waals surface area contributed by atoms with Gasteiger partial charge in [-0.05, 0) is 28.5 Å². The van der Waals surface area contributed by atoms with Gasteiger partial charge in [0.15, 0.2) is 0 Å². The average molecular weight is 344 g/mol. The number of thiazole rings is 1. The molecule has 114 valence electrons. The topological polar surface area (TPSA) is 36.7 Å². The third-order valence-corrected chi connectivity index (χ3v) is 5.59. The molecular formula is C20H12N2S2. The van der Waals surface area contributed by atoms with Crippen LogP contribution in [0.25, 0.3) is 33.0 Å². The van der Waals surface area contributed by atoms with E-state index in [-0.39, 0.29) is 0 Å². The quantitative estimate of drug-likeness (QED) is 0.422. The van der Waals surface area contributed by atoms with Gasteiger partial charge in [-0.1, -0.05) is 48.5 Å². The Morgan fingerprint density at radius 2 is 1.75 bits per heavy atom. The van der Waals surface area contributed by atoms with Crippen molar-refractivity contribution < 1.29 is 0 Å². The molecule has 0 unspecified atom stereocenters. The second-order valence-electron chi connectivity index (χ2n) is 5.26. The molecule has 0 amide bonds. The van der Waals surface area contributed by atoms with Crippen LogP contribution in [0.2, 0.25) is 0 Å². The molecule has 0 saturated heterocycles. The van der Waals surface area contributed by atoms with Crippen LogP contribution < -0.4 is 0 Å². The number of benzene rings is 2. The summed E-state index contributed by atoms with van der Waals surface area (Å²) in [6.45, 7) is 0. The first-order valence-electron chi connectivity index (χ1n) is 7.44. The van der Waals surface area contributed by atoms with Crippen molar-refractivity contribution in [2.45, 2.75) is 0 Å². The minimum absolute atomic E-state index is 0.603. The van der Waals surface area contributed by atoms with Crippen LogP contribution in [0.3, 0.4) is 0 Å². The number of fused-ring (bicyclic) bond motifs is 1. The van der Waals surface area contributed by atoms with E-state index in [1.165, 1.54) is 21.4 Å². The summed E-state index contributed by atoms with van der Waals surface area (Å²) in [4.78, 5) is 4.64. The number of allylic oxidation sites excluding steroid dienone is 1. The Labute approximate surface area is 148 Å². The first kappa shape index (κ1) is 14.8. The summed E-state index contributed by atoms with van der Waals surface area (Å²) in [5, 5.41) is 15.6. The maximum atomic E-state index is 9.58. The summed E-state index contributed by atoms with van der Waals surface area (Å²) in [6, 6.07) is 20.6. The number of aromatic nitrogens is 1. The highest BCUT2D eigenvalue weighted by atomic mass is 32.1. The molecule has 0 fully saturated rings. The van der Waals surface area contributed by atoms with E-state index in [0.29, 0.717) is 5.57 Å². The van der Waals surface area contributed by atoms with E-state index in [1.54, 1.807) is 11.3 Å². The van der Waals surface area contributed by atoms with Gasteiger partial charge in [0.1, 0.15) is 11.1 Å². The largest absolute Gasteiger partial charge is 0.235 e. The Kier molecular flexibility index (Phi) is 3.96. The molecule has 2 aromatic heterocycles. The van der Waals surface area contributed by atoms with E-state index in [4.69, 9.17) is 0 Å². The first-order valence-corrected chi connectivity index (χ1v) is 9.20. The molecule has 0 atom stereocenters. The molecule has 0 aliphatic carbocycles. The van der Waals surface area contributed by atoms with Gasteiger partial charge in [0, 0.05) is 15.6 Å². The molecule has 4 heteroatoms. The van der Waals surface area contributed by atoms with Crippen molar-refractivity contribution in [2.75, 3.05) is 0 Å². The lowest BCUT2D eigenvalue weighted by Crippen LogP contribution is -1.82. The van der Waals surface area contributed by atoms with Crippen LogP contribution >= 0.6 is 22.7 Å². The van der Waals surface area contributed by atoms with Crippen molar-refractivity contribution in [3.63, 3.8) is 0 Å². The van der Waals surface area contributed by atoms with Gasteiger partial charge in [-0.2, -0.15) is 5.26 Å². The third kappa shape index (κ3) is 2.76. The van der Waals surface area contributed by atoms with Crippen LogP contribution in [-0.4, -0.2) is 4.98 Å². The lowest BCUT2D eigenvalue weighted by Gasteiger charge is -1.96. The van der Waals surface area contributed by atoms with E-state index in [0.717, 1.165) is 21.8 Å². The van der Waals surface area contributed by atoms with Gasteiger partial charge in [-0.25, -0.2) is 4.98 Å². The highest BCUT2D eigenvalue weighted by Gasteiger charge is 2.10. The molecule has 0 aliphatic rings. The zero-order chi connectivity index (χ0) is 16.4. The molecule has 0 N–H and O–H groups in total. The SMILES string of the molecule is N#CC(=Cc1csc2ccccc12)c1nc(-c2ccccc2)cs1. The fraction of sp³-hybridized carbons (Fsp3) is 0. The number of nitriles is 1. The summed E-state index contributed by atoms with van der Waals surface area (Å²) >= 11 is 3.20. The van der Waals surface area contributed by atoms with E-state index >= 15 is 0 Å². The Balaban J connectivity index is 1.74. The maximum absolute atomic E-state index is 9.58. The third-order valence-electron chi connectivity index (χ3n) is 3.74. The number of rotatable bonds is 3. The van der Waals surface area contributed by atoms with Crippen LogP contribution in [0, 0.1) is 11.3 Å². The normalized spacial score (nSPS) is 11.5. The highest BCUT2D eigenvalue weighted by Crippen LogP contribution is 2.31. The number of hydrogen-bond acceptors (Lipinski definition) is 4. The van der Waals surface area contributed by atoms with Crippen molar-refractivity contribution in [3.05, 3.63) is 75.9 Å². The zero-order valence-corrected chi connectivity index (χ0v) is 14.3. The van der Waals surface area contributed by atoms with Crippen molar-refractivity contribution >= 4 is 44.4 Å². The smallest absolute Gasteiger partial charge is 0.134 e. The number of hydrogen-bond donors (Lipinski definition) is 0. The van der Waals surface area contributed by atoms with Gasteiger partial charge in [0.2, 0.25) is 0 Å². The molecular weight excluding hydrogens is 332 g/mol. The molecule has 2 aromatic carbocycles. The van der Waals surface area contributed by atoms with Crippen molar-refractivity contribution in [1.29, 1.82) is 5.26 Å². The molecule has 0 saturated carbocycles. The summed E-state index contributed by atoms with van der Waals surface area (Å²) in [5.74, 6) is 0. The molecule has 4 rings (SSSR count). The Bertz CT molecular complexity index is 1070. The Hall–Kier alpha value is -2.74. The maximum Gasteiger partial charge on any atom is 0.134 e. The van der Waals surface area contributed by atoms with Gasteiger partial charge < -0.3 is 0 Å². The zero-order valence-electron chi connectivity index (χ0n) is 12.6. The Morgan fingerprint density at radius 1 is 0.958 bits per heavy atom. The highest BCUT2D eigenvalue weighted by molar-refractivity contribution is 7.17. The number of nitrogens with zero attached hydrogens (tertiary/aromatic N) is 2. The van der Waals surface area contributed by atoms with E-state index in [2.05, 4.69) is 28.6 Å². The van der Waals surface area contributed by atoms with E-state index < -0.39 is 0 Å². The van der Waals surface area contributed by atoms with Gasteiger partial charge in [0.25, 0.3) is 0 Å². The molecule has 0 bridgehead atoms. The summed E-state index contributed by atoms with van der Waals surface area (Å²) < 4.78 is 1.23. The number of thiophene rings is 1. The van der Waals surface area contributed by atoms with Crippen molar-refractivity contribution in [2.24, 2.45) is 0 Å². The van der Waals surface area contributed by atoms with Gasteiger partial charge in [-0.15, -0.1) is 22.7 Å². The molecule has 0 radical (unpaired) electrons. The monoisotopic (exact) mass is 344 g/mol. The van der Waals surface area contributed by atoms with Crippen LogP contribution in [0.4, 0.5) is 0 Å². The predicted octanol–water partition coefficient (Wildman–Crippen LogP) is 6.09. The van der Waals surface area contributed by atoms with Gasteiger partial charge >= 0.3 is 0 Å². The van der Waals surface area contributed by atoms with E-state index in [9.17, 15) is 5.26 Å².